The molecule has 0 heterocycles. The molecule has 0 atom stereocenters. The molecule has 0 radical (unpaired) electrons. The van der Waals surface area contributed by atoms with Crippen molar-refractivity contribution in [2.75, 3.05) is 18.5 Å². The van der Waals surface area contributed by atoms with Crippen LogP contribution in [0.4, 0.5) is 5.69 Å². The van der Waals surface area contributed by atoms with Crippen molar-refractivity contribution in [3.8, 4) is 0 Å². The molecular weight excluding hydrogens is 356 g/mol. The number of carbonyl (C=O) groups excluding carboxylic acids is 3. The first-order valence-electron chi connectivity index (χ1n) is 9.33. The molecule has 0 bridgehead atoms. The summed E-state index contributed by atoms with van der Waals surface area (Å²) in [5.41, 5.74) is 2.45. The summed E-state index contributed by atoms with van der Waals surface area (Å²) in [5, 5.41) is 5.31. The zero-order valence-electron chi connectivity index (χ0n) is 16.5. The molecule has 28 heavy (non-hydrogen) atoms. The minimum absolute atomic E-state index is 0.217. The van der Waals surface area contributed by atoms with Crippen LogP contribution in [0.1, 0.15) is 47.1 Å². The number of hydrogen-bond donors (Lipinski definition) is 2. The fraction of sp³-hybridized carbons (Fsp3) is 0.318. The zero-order chi connectivity index (χ0) is 20.5. The van der Waals surface area contributed by atoms with Gasteiger partial charge < -0.3 is 15.4 Å². The lowest BCUT2D eigenvalue weighted by Crippen LogP contribution is -2.23. The summed E-state index contributed by atoms with van der Waals surface area (Å²) in [6.07, 6.45) is 0.938. The van der Waals surface area contributed by atoms with Crippen LogP contribution in [0.2, 0.25) is 0 Å². The SMILES string of the molecule is CCNC(=O)c1cccc(NC(=O)COC(=O)c2ccc(CC(C)C)cc2)c1. The molecule has 2 aromatic carbocycles. The predicted octanol–water partition coefficient (Wildman–Crippen LogP) is 3.43. The van der Waals surface area contributed by atoms with Gasteiger partial charge in [0.1, 0.15) is 0 Å². The molecule has 2 amide bonds. The maximum absolute atomic E-state index is 12.1. The molecule has 0 fully saturated rings. The average molecular weight is 382 g/mol. The van der Waals surface area contributed by atoms with E-state index in [1.807, 2.05) is 19.1 Å². The summed E-state index contributed by atoms with van der Waals surface area (Å²) in [5.74, 6) is -0.709. The first-order valence-corrected chi connectivity index (χ1v) is 9.33. The third-order valence-corrected chi connectivity index (χ3v) is 3.91. The lowest BCUT2D eigenvalue weighted by molar-refractivity contribution is -0.119. The standard InChI is InChI=1S/C22H26N2O4/c1-4-23-21(26)18-6-5-7-19(13-18)24-20(25)14-28-22(27)17-10-8-16(9-11-17)12-15(2)3/h5-11,13,15H,4,12,14H2,1-3H3,(H,23,26)(H,24,25). The van der Waals surface area contributed by atoms with E-state index >= 15 is 0 Å². The highest BCUT2D eigenvalue weighted by atomic mass is 16.5. The Labute approximate surface area is 165 Å². The van der Waals surface area contributed by atoms with Crippen molar-refractivity contribution in [2.45, 2.75) is 27.2 Å². The molecule has 0 spiro atoms. The van der Waals surface area contributed by atoms with E-state index in [1.54, 1.807) is 36.4 Å². The fourth-order valence-electron chi connectivity index (χ4n) is 2.66. The Balaban J connectivity index is 1.87. The van der Waals surface area contributed by atoms with Gasteiger partial charge in [-0.3, -0.25) is 9.59 Å². The second-order valence-corrected chi connectivity index (χ2v) is 6.86. The average Bonchev–Trinajstić information content (AvgIpc) is 2.66. The number of hydrogen-bond acceptors (Lipinski definition) is 4. The van der Waals surface area contributed by atoms with Crippen LogP contribution in [0, 0.1) is 5.92 Å². The molecule has 0 saturated carbocycles. The van der Waals surface area contributed by atoms with Gasteiger partial charge in [-0.05, 0) is 55.2 Å². The van der Waals surface area contributed by atoms with Gasteiger partial charge in [0, 0.05) is 17.8 Å². The second kappa shape index (κ2) is 10.3. The van der Waals surface area contributed by atoms with Crippen molar-refractivity contribution in [1.29, 1.82) is 0 Å². The molecule has 0 aliphatic carbocycles. The molecule has 0 aromatic heterocycles. The number of benzene rings is 2. The van der Waals surface area contributed by atoms with Crippen LogP contribution in [0.3, 0.4) is 0 Å². The first-order chi connectivity index (χ1) is 13.4. The van der Waals surface area contributed by atoms with E-state index in [4.69, 9.17) is 4.74 Å². The molecule has 0 aliphatic rings. The molecule has 148 valence electrons. The summed E-state index contributed by atoms with van der Waals surface area (Å²) in [4.78, 5) is 36.0. The van der Waals surface area contributed by atoms with Crippen molar-refractivity contribution in [1.82, 2.24) is 5.32 Å². The fourth-order valence-corrected chi connectivity index (χ4v) is 2.66. The van der Waals surface area contributed by atoms with E-state index in [9.17, 15) is 14.4 Å². The summed E-state index contributed by atoms with van der Waals surface area (Å²) < 4.78 is 5.07. The molecule has 6 nitrogen and oxygen atoms in total. The van der Waals surface area contributed by atoms with Gasteiger partial charge in [-0.1, -0.05) is 32.0 Å². The molecule has 2 N–H and O–H groups in total. The normalized spacial score (nSPS) is 10.4. The largest absolute Gasteiger partial charge is 0.452 e. The maximum atomic E-state index is 12.1. The Hall–Kier alpha value is -3.15. The van der Waals surface area contributed by atoms with Crippen molar-refractivity contribution in [3.05, 3.63) is 65.2 Å². The topological polar surface area (TPSA) is 84.5 Å². The van der Waals surface area contributed by atoms with Crippen LogP contribution in [0.25, 0.3) is 0 Å². The summed E-state index contributed by atoms with van der Waals surface area (Å²) in [6, 6.07) is 13.7. The predicted molar refractivity (Wildman–Crippen MR) is 108 cm³/mol. The highest BCUT2D eigenvalue weighted by Gasteiger charge is 2.12. The van der Waals surface area contributed by atoms with Gasteiger partial charge >= 0.3 is 5.97 Å². The Morgan fingerprint density at radius 2 is 1.71 bits per heavy atom. The van der Waals surface area contributed by atoms with Crippen LogP contribution in [0.15, 0.2) is 48.5 Å². The number of ether oxygens (including phenoxy) is 1. The zero-order valence-corrected chi connectivity index (χ0v) is 16.5. The monoisotopic (exact) mass is 382 g/mol. The quantitative estimate of drug-likeness (QED) is 0.685. The number of nitrogens with one attached hydrogen (secondary N) is 2. The highest BCUT2D eigenvalue weighted by molar-refractivity contribution is 5.98. The number of esters is 1. The smallest absolute Gasteiger partial charge is 0.338 e. The van der Waals surface area contributed by atoms with E-state index in [1.165, 1.54) is 0 Å². The first kappa shape index (κ1) is 21.2. The van der Waals surface area contributed by atoms with Gasteiger partial charge in [-0.25, -0.2) is 4.79 Å². The van der Waals surface area contributed by atoms with Gasteiger partial charge in [-0.2, -0.15) is 0 Å². The van der Waals surface area contributed by atoms with Gasteiger partial charge in [0.2, 0.25) is 0 Å². The highest BCUT2D eigenvalue weighted by Crippen LogP contribution is 2.12. The van der Waals surface area contributed by atoms with E-state index in [0.717, 1.165) is 12.0 Å². The van der Waals surface area contributed by atoms with E-state index in [2.05, 4.69) is 24.5 Å². The van der Waals surface area contributed by atoms with Crippen LogP contribution in [-0.2, 0) is 16.0 Å². The van der Waals surface area contributed by atoms with Crippen molar-refractivity contribution in [3.63, 3.8) is 0 Å². The lowest BCUT2D eigenvalue weighted by Gasteiger charge is -2.09. The molecule has 2 aromatic rings. The number of anilines is 1. The molecule has 0 aliphatic heterocycles. The Bertz CT molecular complexity index is 829. The van der Waals surface area contributed by atoms with Crippen LogP contribution >= 0.6 is 0 Å². The van der Waals surface area contributed by atoms with Crippen LogP contribution in [-0.4, -0.2) is 30.9 Å². The Morgan fingerprint density at radius 3 is 2.36 bits per heavy atom. The Morgan fingerprint density at radius 1 is 1.00 bits per heavy atom. The van der Waals surface area contributed by atoms with Crippen molar-refractivity contribution < 1.29 is 19.1 Å². The van der Waals surface area contributed by atoms with Gasteiger partial charge in [-0.15, -0.1) is 0 Å². The summed E-state index contributed by atoms with van der Waals surface area (Å²) >= 11 is 0. The van der Waals surface area contributed by atoms with Crippen LogP contribution in [0.5, 0.6) is 0 Å². The van der Waals surface area contributed by atoms with E-state index in [-0.39, 0.29) is 5.91 Å². The van der Waals surface area contributed by atoms with Crippen molar-refractivity contribution >= 4 is 23.5 Å². The number of amides is 2. The van der Waals surface area contributed by atoms with Gasteiger partial charge in [0.05, 0.1) is 5.56 Å². The number of rotatable bonds is 8. The minimum atomic E-state index is -0.553. The van der Waals surface area contributed by atoms with Gasteiger partial charge in [0.25, 0.3) is 11.8 Å². The van der Waals surface area contributed by atoms with Crippen LogP contribution < -0.4 is 10.6 Å². The second-order valence-electron chi connectivity index (χ2n) is 6.86. The molecule has 0 unspecified atom stereocenters. The molecule has 6 heteroatoms. The lowest BCUT2D eigenvalue weighted by atomic mass is 10.0. The maximum Gasteiger partial charge on any atom is 0.338 e. The summed E-state index contributed by atoms with van der Waals surface area (Å²) in [7, 11) is 0. The third kappa shape index (κ3) is 6.54. The van der Waals surface area contributed by atoms with Crippen molar-refractivity contribution in [2.24, 2.45) is 5.92 Å². The molecule has 2 rings (SSSR count). The van der Waals surface area contributed by atoms with Gasteiger partial charge in [0.15, 0.2) is 6.61 Å². The molecular formula is C22H26N2O4. The Kier molecular flexibility index (Phi) is 7.75. The number of carbonyl (C=O) groups is 3. The molecule has 0 saturated heterocycles. The summed E-state index contributed by atoms with van der Waals surface area (Å²) in [6.45, 7) is 6.21. The van der Waals surface area contributed by atoms with E-state index in [0.29, 0.717) is 29.3 Å². The minimum Gasteiger partial charge on any atom is -0.452 e. The third-order valence-electron chi connectivity index (χ3n) is 3.91. The van der Waals surface area contributed by atoms with E-state index < -0.39 is 18.5 Å².